The molecule has 8 heteroatoms. The van der Waals surface area contributed by atoms with E-state index in [1.807, 2.05) is 48.5 Å². The van der Waals surface area contributed by atoms with Crippen LogP contribution in [0, 0.1) is 0 Å². The number of nitrogens with one attached hydrogen (secondary N) is 1. The van der Waals surface area contributed by atoms with E-state index in [1.54, 1.807) is 11.1 Å². The summed E-state index contributed by atoms with van der Waals surface area (Å²) < 4.78 is 17.6. The lowest BCUT2D eigenvalue weighted by Gasteiger charge is -2.32. The minimum atomic E-state index is -0.482. The van der Waals surface area contributed by atoms with Crippen LogP contribution < -0.4 is 5.59 Å². The van der Waals surface area contributed by atoms with Crippen molar-refractivity contribution in [3.63, 3.8) is 0 Å². The highest BCUT2D eigenvalue weighted by Crippen LogP contribution is 2.36. The van der Waals surface area contributed by atoms with Crippen molar-refractivity contribution in [2.45, 2.75) is 77.6 Å². The molecule has 0 aliphatic carbocycles. The molecule has 3 rings (SSSR count). The molecule has 3 heterocycles. The van der Waals surface area contributed by atoms with Gasteiger partial charge in [0.25, 0.3) is 0 Å². The van der Waals surface area contributed by atoms with Gasteiger partial charge < -0.3 is 23.9 Å². The molecule has 2 fully saturated rings. The van der Waals surface area contributed by atoms with Crippen LogP contribution in [0.25, 0.3) is 0 Å². The third-order valence-corrected chi connectivity index (χ3v) is 5.35. The van der Waals surface area contributed by atoms with E-state index in [0.717, 1.165) is 17.8 Å². The van der Waals surface area contributed by atoms with Gasteiger partial charge in [-0.25, -0.2) is 9.78 Å². The number of carbonyl (C=O) groups excluding carboxylic acids is 1. The molecule has 2 aliphatic heterocycles. The summed E-state index contributed by atoms with van der Waals surface area (Å²) in [6.45, 7) is 15.0. The van der Waals surface area contributed by atoms with Gasteiger partial charge in [0.1, 0.15) is 11.4 Å². The molecule has 0 radical (unpaired) electrons. The molecule has 26 heavy (non-hydrogen) atoms. The van der Waals surface area contributed by atoms with Crippen LogP contribution in [-0.4, -0.2) is 58.0 Å². The van der Waals surface area contributed by atoms with Gasteiger partial charge in [0.2, 0.25) is 0 Å². The van der Waals surface area contributed by atoms with Crippen molar-refractivity contribution in [1.82, 2.24) is 14.9 Å². The van der Waals surface area contributed by atoms with Crippen molar-refractivity contribution in [2.75, 3.05) is 13.1 Å². The number of H-pyrrole nitrogens is 1. The first-order valence-corrected chi connectivity index (χ1v) is 9.26. The number of aromatic amines is 1. The molecule has 1 aromatic rings. The zero-order valence-electron chi connectivity index (χ0n) is 16.9. The highest BCUT2D eigenvalue weighted by molar-refractivity contribution is 6.61. The van der Waals surface area contributed by atoms with Crippen molar-refractivity contribution in [3.8, 4) is 0 Å². The summed E-state index contributed by atoms with van der Waals surface area (Å²) in [5, 5.41) is 0. The summed E-state index contributed by atoms with van der Waals surface area (Å²) in [6, 6.07) is 0. The Labute approximate surface area is 155 Å². The van der Waals surface area contributed by atoms with Crippen LogP contribution in [0.5, 0.6) is 0 Å². The average molecular weight is 363 g/mol. The maximum absolute atomic E-state index is 12.2. The highest BCUT2D eigenvalue weighted by atomic mass is 16.7. The van der Waals surface area contributed by atoms with E-state index < -0.39 is 12.7 Å². The first kappa shape index (κ1) is 19.2. The fraction of sp³-hybridized carbons (Fsp3) is 0.778. The third kappa shape index (κ3) is 3.76. The Bertz CT molecular complexity index is 664. The predicted molar refractivity (Wildman–Crippen MR) is 99.5 cm³/mol. The van der Waals surface area contributed by atoms with E-state index >= 15 is 0 Å². The van der Waals surface area contributed by atoms with Gasteiger partial charge in [-0.2, -0.15) is 0 Å². The lowest BCUT2D eigenvalue weighted by atomic mass is 9.86. The largest absolute Gasteiger partial charge is 0.513 e. The molecule has 0 saturated carbocycles. The first-order chi connectivity index (χ1) is 11.9. The van der Waals surface area contributed by atoms with Gasteiger partial charge in [-0.1, -0.05) is 0 Å². The molecule has 1 atom stereocenters. The second kappa shape index (κ2) is 6.27. The summed E-state index contributed by atoms with van der Waals surface area (Å²) in [5.74, 6) is 1.03. The van der Waals surface area contributed by atoms with Gasteiger partial charge >= 0.3 is 13.2 Å². The highest BCUT2D eigenvalue weighted by Gasteiger charge is 2.52. The molecular formula is C18H30BN3O4. The number of rotatable bonds is 2. The van der Waals surface area contributed by atoms with Crippen LogP contribution in [0.1, 0.15) is 66.6 Å². The van der Waals surface area contributed by atoms with Crippen LogP contribution in [-0.2, 0) is 14.0 Å². The summed E-state index contributed by atoms with van der Waals surface area (Å²) >= 11 is 0. The fourth-order valence-electron chi connectivity index (χ4n) is 3.12. The van der Waals surface area contributed by atoms with Gasteiger partial charge in [0, 0.05) is 25.2 Å². The Morgan fingerprint density at radius 2 is 1.92 bits per heavy atom. The quantitative estimate of drug-likeness (QED) is 0.817. The topological polar surface area (TPSA) is 76.7 Å². The smallest absolute Gasteiger partial charge is 0.444 e. The van der Waals surface area contributed by atoms with Crippen LogP contribution in [0.3, 0.4) is 0 Å². The lowest BCUT2D eigenvalue weighted by molar-refractivity contribution is 0.00578. The number of aromatic nitrogens is 2. The second-order valence-corrected chi connectivity index (χ2v) is 9.22. The van der Waals surface area contributed by atoms with Crippen molar-refractivity contribution < 1.29 is 18.8 Å². The lowest BCUT2D eigenvalue weighted by Crippen LogP contribution is -2.41. The molecule has 0 spiro atoms. The molecule has 0 bridgehead atoms. The number of ether oxygens (including phenoxy) is 1. The van der Waals surface area contributed by atoms with Crippen LogP contribution in [0.4, 0.5) is 4.79 Å². The molecule has 144 valence electrons. The molecular weight excluding hydrogens is 333 g/mol. The maximum atomic E-state index is 12.2. The van der Waals surface area contributed by atoms with Crippen LogP contribution in [0.15, 0.2) is 6.20 Å². The molecule has 2 aliphatic rings. The number of hydrogen-bond donors (Lipinski definition) is 1. The van der Waals surface area contributed by atoms with Gasteiger partial charge in [0.15, 0.2) is 0 Å². The van der Waals surface area contributed by atoms with Crippen molar-refractivity contribution >= 4 is 18.8 Å². The van der Waals surface area contributed by atoms with E-state index in [1.165, 1.54) is 0 Å². The fourth-order valence-corrected chi connectivity index (χ4v) is 3.12. The van der Waals surface area contributed by atoms with E-state index in [0.29, 0.717) is 13.1 Å². The van der Waals surface area contributed by atoms with Crippen molar-refractivity contribution in [2.24, 2.45) is 0 Å². The number of imidazole rings is 1. The van der Waals surface area contributed by atoms with Crippen LogP contribution in [0.2, 0.25) is 0 Å². The summed E-state index contributed by atoms with van der Waals surface area (Å²) in [6.07, 6.45) is 2.36. The summed E-state index contributed by atoms with van der Waals surface area (Å²) in [4.78, 5) is 21.8. The number of carbonyl (C=O) groups is 1. The zero-order valence-corrected chi connectivity index (χ0v) is 16.9. The van der Waals surface area contributed by atoms with Gasteiger partial charge in [-0.05, 0) is 54.9 Å². The van der Waals surface area contributed by atoms with E-state index in [4.69, 9.17) is 14.0 Å². The molecule has 1 amide bonds. The minimum absolute atomic E-state index is 0.165. The van der Waals surface area contributed by atoms with E-state index in [2.05, 4.69) is 9.97 Å². The zero-order chi connectivity index (χ0) is 19.3. The van der Waals surface area contributed by atoms with Crippen molar-refractivity contribution in [1.29, 1.82) is 0 Å². The molecule has 2 saturated heterocycles. The third-order valence-electron chi connectivity index (χ3n) is 5.35. The standard InChI is InChI=1S/C18H30BN3O4/c1-16(2,3)24-15(23)22-9-8-12(11-22)14-20-10-13(21-14)19-25-17(4,5)18(6,7)26-19/h10,12H,8-9,11H2,1-7H3,(H,20,21). The molecule has 7 nitrogen and oxygen atoms in total. The van der Waals surface area contributed by atoms with Gasteiger partial charge in [-0.15, -0.1) is 0 Å². The maximum Gasteiger partial charge on any atom is 0.513 e. The Morgan fingerprint density at radius 3 is 2.50 bits per heavy atom. The molecule has 0 aromatic carbocycles. The summed E-state index contributed by atoms with van der Waals surface area (Å²) in [7, 11) is -0.454. The SMILES string of the molecule is CC(C)(C)OC(=O)N1CCC(c2ncc(B3OC(C)(C)C(C)(C)O3)[nH]2)C1. The molecule has 1 N–H and O–H groups in total. The first-order valence-electron chi connectivity index (χ1n) is 9.26. The Kier molecular flexibility index (Phi) is 4.64. The monoisotopic (exact) mass is 363 g/mol. The Morgan fingerprint density at radius 1 is 1.31 bits per heavy atom. The van der Waals surface area contributed by atoms with E-state index in [9.17, 15) is 4.79 Å². The number of amides is 1. The Balaban J connectivity index is 1.64. The average Bonchev–Trinajstić information content (AvgIpc) is 3.16. The van der Waals surface area contributed by atoms with Crippen molar-refractivity contribution in [3.05, 3.63) is 12.0 Å². The van der Waals surface area contributed by atoms with Crippen LogP contribution >= 0.6 is 0 Å². The Hall–Kier alpha value is -1.54. The van der Waals surface area contributed by atoms with E-state index in [-0.39, 0.29) is 23.2 Å². The number of hydrogen-bond acceptors (Lipinski definition) is 5. The minimum Gasteiger partial charge on any atom is -0.444 e. The predicted octanol–water partition coefficient (Wildman–Crippen LogP) is 2.43. The normalized spacial score (nSPS) is 25.0. The number of nitrogens with zero attached hydrogens (tertiary/aromatic N) is 2. The van der Waals surface area contributed by atoms with Gasteiger partial charge in [0.05, 0.1) is 16.8 Å². The van der Waals surface area contributed by atoms with Gasteiger partial charge in [-0.3, -0.25) is 0 Å². The second-order valence-electron chi connectivity index (χ2n) is 9.22. The summed E-state index contributed by atoms with van der Waals surface area (Å²) in [5.41, 5.74) is -0.438. The molecule has 1 unspecified atom stereocenters. The molecule has 1 aromatic heterocycles. The number of likely N-dealkylation sites (tertiary alicyclic amines) is 1.